The Morgan fingerprint density at radius 1 is 0.941 bits per heavy atom. The number of fused-ring (bicyclic) bond motifs is 1. The molecule has 0 atom stereocenters. The monoisotopic (exact) mass is 222 g/mol. The Balaban J connectivity index is 1.81. The summed E-state index contributed by atoms with van der Waals surface area (Å²) in [5.74, 6) is 0. The van der Waals surface area contributed by atoms with Crippen LogP contribution in [-0.4, -0.2) is 4.98 Å². The van der Waals surface area contributed by atoms with Crippen LogP contribution in [0.5, 0.6) is 0 Å². The van der Waals surface area contributed by atoms with Crippen molar-refractivity contribution in [3.05, 3.63) is 66.5 Å². The molecule has 0 saturated carbocycles. The second kappa shape index (κ2) is 4.34. The van der Waals surface area contributed by atoms with Crippen LogP contribution in [0.4, 0.5) is 5.69 Å². The molecule has 3 rings (SSSR count). The maximum Gasteiger partial charge on any atom is 0.0415 e. The molecule has 3 aromatic rings. The summed E-state index contributed by atoms with van der Waals surface area (Å²) < 4.78 is 0. The van der Waals surface area contributed by atoms with Crippen molar-refractivity contribution in [3.63, 3.8) is 0 Å². The number of nitrogens with one attached hydrogen (secondary N) is 2. The van der Waals surface area contributed by atoms with Crippen LogP contribution in [0.3, 0.4) is 0 Å². The van der Waals surface area contributed by atoms with Crippen LogP contribution in [0.2, 0.25) is 0 Å². The first kappa shape index (κ1) is 9.97. The number of hydrogen-bond acceptors (Lipinski definition) is 1. The zero-order chi connectivity index (χ0) is 11.5. The molecule has 2 nitrogen and oxygen atoms in total. The minimum absolute atomic E-state index is 0.849. The Morgan fingerprint density at radius 2 is 1.82 bits per heavy atom. The van der Waals surface area contributed by atoms with E-state index in [9.17, 15) is 0 Å². The number of rotatable bonds is 3. The summed E-state index contributed by atoms with van der Waals surface area (Å²) in [5, 5.41) is 5.97. The lowest BCUT2D eigenvalue weighted by atomic mass is 10.1. The molecule has 0 unspecified atom stereocenters. The average molecular weight is 222 g/mol. The smallest absolute Gasteiger partial charge is 0.0415 e. The fourth-order valence-corrected chi connectivity index (χ4v) is 1.97. The largest absolute Gasteiger partial charge is 0.381 e. The van der Waals surface area contributed by atoms with Crippen LogP contribution >= 0.6 is 0 Å². The van der Waals surface area contributed by atoms with Gasteiger partial charge in [0.2, 0.25) is 0 Å². The highest BCUT2D eigenvalue weighted by Gasteiger charge is 1.96. The quantitative estimate of drug-likeness (QED) is 0.693. The van der Waals surface area contributed by atoms with Crippen molar-refractivity contribution in [3.8, 4) is 0 Å². The zero-order valence-corrected chi connectivity index (χ0v) is 9.48. The predicted octanol–water partition coefficient (Wildman–Crippen LogP) is 3.78. The first-order chi connectivity index (χ1) is 8.42. The SMILES string of the molecule is c1ccc2cc(NCc3cc[nH]c3)ccc2c1. The van der Waals surface area contributed by atoms with Gasteiger partial charge in [0.1, 0.15) is 0 Å². The molecule has 0 amide bonds. The molecule has 0 aliphatic heterocycles. The molecule has 2 heteroatoms. The van der Waals surface area contributed by atoms with E-state index in [1.165, 1.54) is 16.3 Å². The fourth-order valence-electron chi connectivity index (χ4n) is 1.97. The van der Waals surface area contributed by atoms with E-state index in [4.69, 9.17) is 0 Å². The van der Waals surface area contributed by atoms with Crippen molar-refractivity contribution in [2.45, 2.75) is 6.54 Å². The fraction of sp³-hybridized carbons (Fsp3) is 0.0667. The van der Waals surface area contributed by atoms with Gasteiger partial charge in [0, 0.05) is 24.6 Å². The highest BCUT2D eigenvalue weighted by Crippen LogP contribution is 2.19. The summed E-state index contributed by atoms with van der Waals surface area (Å²) >= 11 is 0. The van der Waals surface area contributed by atoms with Crippen molar-refractivity contribution in [1.82, 2.24) is 4.98 Å². The maximum absolute atomic E-state index is 3.42. The molecule has 0 spiro atoms. The van der Waals surface area contributed by atoms with Gasteiger partial charge in [-0.1, -0.05) is 30.3 Å². The first-order valence-electron chi connectivity index (χ1n) is 5.76. The van der Waals surface area contributed by atoms with Crippen molar-refractivity contribution >= 4 is 16.5 Å². The summed E-state index contributed by atoms with van der Waals surface area (Å²) in [5.41, 5.74) is 2.42. The van der Waals surface area contributed by atoms with E-state index >= 15 is 0 Å². The van der Waals surface area contributed by atoms with Gasteiger partial charge in [0.15, 0.2) is 0 Å². The third-order valence-electron chi connectivity index (χ3n) is 2.91. The zero-order valence-electron chi connectivity index (χ0n) is 9.48. The minimum Gasteiger partial charge on any atom is -0.381 e. The van der Waals surface area contributed by atoms with E-state index in [1.807, 2.05) is 12.4 Å². The second-order valence-corrected chi connectivity index (χ2v) is 4.13. The standard InChI is InChI=1S/C15H14N2/c1-2-4-14-9-15(6-5-13(14)3-1)17-11-12-7-8-16-10-12/h1-10,16-17H,11H2. The van der Waals surface area contributed by atoms with Crippen LogP contribution in [-0.2, 0) is 6.54 Å². The molecule has 0 aliphatic carbocycles. The summed E-state index contributed by atoms with van der Waals surface area (Å²) in [6.45, 7) is 0.849. The minimum atomic E-state index is 0.849. The lowest BCUT2D eigenvalue weighted by molar-refractivity contribution is 1.15. The van der Waals surface area contributed by atoms with Gasteiger partial charge in [0.25, 0.3) is 0 Å². The third-order valence-corrected chi connectivity index (χ3v) is 2.91. The van der Waals surface area contributed by atoms with Crippen molar-refractivity contribution in [2.75, 3.05) is 5.32 Å². The van der Waals surface area contributed by atoms with E-state index in [1.54, 1.807) is 0 Å². The topological polar surface area (TPSA) is 27.8 Å². The lowest BCUT2D eigenvalue weighted by Crippen LogP contribution is -1.97. The highest BCUT2D eigenvalue weighted by atomic mass is 14.9. The Labute approximate surface area is 100 Å². The highest BCUT2D eigenvalue weighted by molar-refractivity contribution is 5.85. The summed E-state index contributed by atoms with van der Waals surface area (Å²) in [6.07, 6.45) is 3.95. The van der Waals surface area contributed by atoms with Gasteiger partial charge in [-0.05, 0) is 34.5 Å². The third kappa shape index (κ3) is 2.16. The summed E-state index contributed by atoms with van der Waals surface area (Å²) in [4.78, 5) is 3.06. The van der Waals surface area contributed by atoms with Crippen molar-refractivity contribution in [1.29, 1.82) is 0 Å². The van der Waals surface area contributed by atoms with Crippen LogP contribution in [0.15, 0.2) is 60.9 Å². The molecule has 1 heterocycles. The maximum atomic E-state index is 3.42. The normalized spacial score (nSPS) is 10.6. The molecule has 0 radical (unpaired) electrons. The Hall–Kier alpha value is -2.22. The molecule has 1 aromatic heterocycles. The van der Waals surface area contributed by atoms with Gasteiger partial charge in [-0.25, -0.2) is 0 Å². The molecule has 17 heavy (non-hydrogen) atoms. The Bertz CT molecular complexity index is 612. The van der Waals surface area contributed by atoms with Gasteiger partial charge < -0.3 is 10.3 Å². The van der Waals surface area contributed by atoms with Crippen LogP contribution in [0.1, 0.15) is 5.56 Å². The van der Waals surface area contributed by atoms with Gasteiger partial charge >= 0.3 is 0 Å². The Morgan fingerprint density at radius 3 is 2.65 bits per heavy atom. The van der Waals surface area contributed by atoms with Gasteiger partial charge in [0.05, 0.1) is 0 Å². The van der Waals surface area contributed by atoms with Crippen molar-refractivity contribution in [2.24, 2.45) is 0 Å². The molecule has 0 aliphatic rings. The number of anilines is 1. The lowest BCUT2D eigenvalue weighted by Gasteiger charge is -2.06. The van der Waals surface area contributed by atoms with Crippen LogP contribution < -0.4 is 5.32 Å². The number of H-pyrrole nitrogens is 1. The number of aromatic amines is 1. The molecule has 0 saturated heterocycles. The van der Waals surface area contributed by atoms with Gasteiger partial charge in [-0.2, -0.15) is 0 Å². The molecular formula is C15H14N2. The van der Waals surface area contributed by atoms with Crippen molar-refractivity contribution < 1.29 is 0 Å². The van der Waals surface area contributed by atoms with E-state index in [2.05, 4.69) is 58.8 Å². The van der Waals surface area contributed by atoms with E-state index in [-0.39, 0.29) is 0 Å². The molecule has 84 valence electrons. The number of hydrogen-bond donors (Lipinski definition) is 2. The van der Waals surface area contributed by atoms with E-state index < -0.39 is 0 Å². The van der Waals surface area contributed by atoms with E-state index in [0.29, 0.717) is 0 Å². The number of aromatic nitrogens is 1. The predicted molar refractivity (Wildman–Crippen MR) is 72.1 cm³/mol. The molecule has 2 aromatic carbocycles. The van der Waals surface area contributed by atoms with Gasteiger partial charge in [-0.15, -0.1) is 0 Å². The molecule has 2 N–H and O–H groups in total. The van der Waals surface area contributed by atoms with E-state index in [0.717, 1.165) is 12.2 Å². The summed E-state index contributed by atoms with van der Waals surface area (Å²) in [7, 11) is 0. The number of benzene rings is 2. The summed E-state index contributed by atoms with van der Waals surface area (Å²) in [6, 6.07) is 16.9. The van der Waals surface area contributed by atoms with Crippen LogP contribution in [0.25, 0.3) is 10.8 Å². The molecule has 0 fully saturated rings. The second-order valence-electron chi connectivity index (χ2n) is 4.13. The Kier molecular flexibility index (Phi) is 2.54. The van der Waals surface area contributed by atoms with Gasteiger partial charge in [-0.3, -0.25) is 0 Å². The molecule has 0 bridgehead atoms. The first-order valence-corrected chi connectivity index (χ1v) is 5.76. The average Bonchev–Trinajstić information content (AvgIpc) is 2.89. The molecular weight excluding hydrogens is 208 g/mol. The van der Waals surface area contributed by atoms with Crippen LogP contribution in [0, 0.1) is 0 Å².